The van der Waals surface area contributed by atoms with Crippen molar-refractivity contribution >= 4 is 29.1 Å². The minimum absolute atomic E-state index is 0.00609. The van der Waals surface area contributed by atoms with Gasteiger partial charge < -0.3 is 15.3 Å². The van der Waals surface area contributed by atoms with Gasteiger partial charge in [0.2, 0.25) is 11.8 Å². The Morgan fingerprint density at radius 3 is 2.83 bits per heavy atom. The summed E-state index contributed by atoms with van der Waals surface area (Å²) in [7, 11) is 0. The van der Waals surface area contributed by atoms with Gasteiger partial charge in [0.15, 0.2) is 0 Å². The van der Waals surface area contributed by atoms with Crippen molar-refractivity contribution in [2.75, 3.05) is 24.6 Å². The molecule has 1 unspecified atom stereocenters. The molecule has 7 heteroatoms. The molecule has 0 radical (unpaired) electrons. The van der Waals surface area contributed by atoms with Crippen molar-refractivity contribution in [1.82, 2.24) is 5.32 Å². The predicted octanol–water partition coefficient (Wildman–Crippen LogP) is 1.72. The van der Waals surface area contributed by atoms with Crippen LogP contribution in [0.1, 0.15) is 19.3 Å². The van der Waals surface area contributed by atoms with Crippen LogP contribution in [0, 0.1) is 17.2 Å². The van der Waals surface area contributed by atoms with E-state index in [1.807, 2.05) is 0 Å². The number of nitrogens with one attached hydrogen (secondary N) is 1. The SMILES string of the molecule is O=C(NCC1(CO)CC1)C1CC(=O)N(c2ccc(Cl)c(F)c2)C1. The number of carbonyl (C=O) groups is 2. The molecular formula is C16H18ClFN2O3. The smallest absolute Gasteiger partial charge is 0.227 e. The summed E-state index contributed by atoms with van der Waals surface area (Å²) in [5, 5.41) is 12.1. The van der Waals surface area contributed by atoms with Crippen LogP contribution in [0.2, 0.25) is 5.02 Å². The number of benzene rings is 1. The van der Waals surface area contributed by atoms with Gasteiger partial charge in [0.05, 0.1) is 17.5 Å². The lowest BCUT2D eigenvalue weighted by atomic mass is 10.1. The highest BCUT2D eigenvalue weighted by atomic mass is 35.5. The van der Waals surface area contributed by atoms with Crippen molar-refractivity contribution in [3.8, 4) is 0 Å². The first-order valence-electron chi connectivity index (χ1n) is 7.58. The minimum Gasteiger partial charge on any atom is -0.396 e. The van der Waals surface area contributed by atoms with Gasteiger partial charge in [0.25, 0.3) is 0 Å². The van der Waals surface area contributed by atoms with Gasteiger partial charge >= 0.3 is 0 Å². The Kier molecular flexibility index (Phi) is 4.29. The molecule has 124 valence electrons. The third-order valence-electron chi connectivity index (χ3n) is 4.64. The number of aliphatic hydroxyl groups excluding tert-OH is 1. The zero-order valence-corrected chi connectivity index (χ0v) is 13.3. The highest BCUT2D eigenvalue weighted by Gasteiger charge is 2.43. The van der Waals surface area contributed by atoms with Crippen LogP contribution in [0.5, 0.6) is 0 Å². The number of hydrogen-bond donors (Lipinski definition) is 2. The first-order valence-corrected chi connectivity index (χ1v) is 7.96. The Balaban J connectivity index is 1.62. The number of hydrogen-bond acceptors (Lipinski definition) is 3. The summed E-state index contributed by atoms with van der Waals surface area (Å²) in [6.07, 6.45) is 1.91. The molecule has 1 aliphatic carbocycles. The van der Waals surface area contributed by atoms with Crippen LogP contribution in [0.3, 0.4) is 0 Å². The molecule has 3 rings (SSSR count). The first-order chi connectivity index (χ1) is 10.9. The molecule has 0 aromatic heterocycles. The highest BCUT2D eigenvalue weighted by Crippen LogP contribution is 2.44. The van der Waals surface area contributed by atoms with Crippen molar-refractivity contribution in [2.24, 2.45) is 11.3 Å². The first kappa shape index (κ1) is 16.2. The molecule has 2 amide bonds. The fourth-order valence-corrected chi connectivity index (χ4v) is 2.89. The van der Waals surface area contributed by atoms with Crippen molar-refractivity contribution in [2.45, 2.75) is 19.3 Å². The molecule has 2 aliphatic rings. The third kappa shape index (κ3) is 3.33. The normalized spacial score (nSPS) is 22.3. The van der Waals surface area contributed by atoms with Crippen molar-refractivity contribution in [1.29, 1.82) is 0 Å². The van der Waals surface area contributed by atoms with Gasteiger partial charge in [0.1, 0.15) is 5.82 Å². The lowest BCUT2D eigenvalue weighted by Gasteiger charge is -2.18. The number of anilines is 1. The van der Waals surface area contributed by atoms with Gasteiger partial charge in [-0.1, -0.05) is 11.6 Å². The molecule has 1 saturated heterocycles. The van der Waals surface area contributed by atoms with E-state index in [1.54, 1.807) is 6.07 Å². The molecule has 0 spiro atoms. The van der Waals surface area contributed by atoms with E-state index in [2.05, 4.69) is 5.32 Å². The van der Waals surface area contributed by atoms with Crippen LogP contribution in [-0.4, -0.2) is 36.6 Å². The van der Waals surface area contributed by atoms with Gasteiger partial charge in [-0.15, -0.1) is 0 Å². The fourth-order valence-electron chi connectivity index (χ4n) is 2.77. The van der Waals surface area contributed by atoms with Crippen molar-refractivity contribution < 1.29 is 19.1 Å². The van der Waals surface area contributed by atoms with Gasteiger partial charge in [-0.25, -0.2) is 4.39 Å². The van der Waals surface area contributed by atoms with Gasteiger partial charge in [-0.3, -0.25) is 9.59 Å². The Bertz CT molecular complexity index is 648. The topological polar surface area (TPSA) is 69.6 Å². The Morgan fingerprint density at radius 2 is 2.22 bits per heavy atom. The maximum absolute atomic E-state index is 13.5. The molecule has 1 heterocycles. The minimum atomic E-state index is -0.594. The van der Waals surface area contributed by atoms with Crippen LogP contribution < -0.4 is 10.2 Å². The van der Waals surface area contributed by atoms with Crippen LogP contribution >= 0.6 is 11.6 Å². The summed E-state index contributed by atoms with van der Waals surface area (Å²) in [5.41, 5.74) is 0.235. The molecule has 1 saturated carbocycles. The van der Waals surface area contributed by atoms with E-state index >= 15 is 0 Å². The standard InChI is InChI=1S/C16H18ClFN2O3/c17-12-2-1-11(6-13(12)18)20-7-10(5-14(20)22)15(23)19-8-16(9-21)3-4-16/h1-2,6,10,21H,3-5,7-9H2,(H,19,23). The molecule has 0 bridgehead atoms. The predicted molar refractivity (Wildman–Crippen MR) is 83.6 cm³/mol. The zero-order valence-electron chi connectivity index (χ0n) is 12.5. The van der Waals surface area contributed by atoms with Gasteiger partial charge in [-0.2, -0.15) is 0 Å². The molecule has 1 aromatic carbocycles. The molecule has 23 heavy (non-hydrogen) atoms. The monoisotopic (exact) mass is 340 g/mol. The average Bonchev–Trinajstić information content (AvgIpc) is 3.22. The number of aliphatic hydroxyl groups is 1. The molecule has 2 N–H and O–H groups in total. The van der Waals surface area contributed by atoms with E-state index in [-0.39, 0.29) is 41.8 Å². The number of halogens is 2. The van der Waals surface area contributed by atoms with Crippen molar-refractivity contribution in [3.63, 3.8) is 0 Å². The van der Waals surface area contributed by atoms with Gasteiger partial charge in [0, 0.05) is 30.6 Å². The number of rotatable bonds is 5. The molecular weight excluding hydrogens is 323 g/mol. The number of carbonyl (C=O) groups excluding carboxylic acids is 2. The molecule has 2 fully saturated rings. The zero-order chi connectivity index (χ0) is 16.6. The summed E-state index contributed by atoms with van der Waals surface area (Å²) in [6.45, 7) is 0.716. The third-order valence-corrected chi connectivity index (χ3v) is 4.95. The van der Waals surface area contributed by atoms with E-state index in [0.29, 0.717) is 12.2 Å². The quantitative estimate of drug-likeness (QED) is 0.857. The Labute approximate surface area is 138 Å². The highest BCUT2D eigenvalue weighted by molar-refractivity contribution is 6.30. The summed E-state index contributed by atoms with van der Waals surface area (Å²) in [5.74, 6) is -1.47. The number of amides is 2. The van der Waals surface area contributed by atoms with E-state index < -0.39 is 11.7 Å². The lowest BCUT2D eigenvalue weighted by molar-refractivity contribution is -0.126. The summed E-state index contributed by atoms with van der Waals surface area (Å²) in [4.78, 5) is 25.7. The largest absolute Gasteiger partial charge is 0.396 e. The molecule has 1 aromatic rings. The van der Waals surface area contributed by atoms with Crippen LogP contribution in [0.25, 0.3) is 0 Å². The maximum atomic E-state index is 13.5. The lowest BCUT2D eigenvalue weighted by Crippen LogP contribution is -2.37. The fraction of sp³-hybridized carbons (Fsp3) is 0.500. The Hall–Kier alpha value is -1.66. The molecule has 1 aliphatic heterocycles. The van der Waals surface area contributed by atoms with E-state index in [9.17, 15) is 19.1 Å². The maximum Gasteiger partial charge on any atom is 0.227 e. The summed E-state index contributed by atoms with van der Waals surface area (Å²) >= 11 is 5.64. The van der Waals surface area contributed by atoms with E-state index in [1.165, 1.54) is 17.0 Å². The molecule has 1 atom stereocenters. The average molecular weight is 341 g/mol. The van der Waals surface area contributed by atoms with E-state index in [0.717, 1.165) is 12.8 Å². The summed E-state index contributed by atoms with van der Waals surface area (Å²) < 4.78 is 13.5. The van der Waals surface area contributed by atoms with Gasteiger partial charge in [-0.05, 0) is 31.0 Å². The van der Waals surface area contributed by atoms with Crippen LogP contribution in [-0.2, 0) is 9.59 Å². The van der Waals surface area contributed by atoms with Crippen LogP contribution in [0.4, 0.5) is 10.1 Å². The Morgan fingerprint density at radius 1 is 1.48 bits per heavy atom. The second-order valence-electron chi connectivity index (χ2n) is 6.38. The second-order valence-corrected chi connectivity index (χ2v) is 6.79. The molecule has 5 nitrogen and oxygen atoms in total. The number of nitrogens with zero attached hydrogens (tertiary/aromatic N) is 1. The second kappa shape index (κ2) is 6.09. The van der Waals surface area contributed by atoms with Crippen LogP contribution in [0.15, 0.2) is 18.2 Å². The van der Waals surface area contributed by atoms with Crippen molar-refractivity contribution in [3.05, 3.63) is 29.0 Å². The summed E-state index contributed by atoms with van der Waals surface area (Å²) in [6, 6.07) is 4.16. The van der Waals surface area contributed by atoms with E-state index in [4.69, 9.17) is 11.6 Å².